The quantitative estimate of drug-likeness (QED) is 0.638. The fourth-order valence-electron chi connectivity index (χ4n) is 3.65. The zero-order chi connectivity index (χ0) is 22.0. The van der Waals surface area contributed by atoms with E-state index >= 15 is 0 Å². The van der Waals surface area contributed by atoms with E-state index in [-0.39, 0.29) is 10.8 Å². The second-order valence-corrected chi connectivity index (χ2v) is 9.77. The molecule has 0 bridgehead atoms. The van der Waals surface area contributed by atoms with Gasteiger partial charge in [0.2, 0.25) is 10.0 Å². The number of sulfonamides is 1. The van der Waals surface area contributed by atoms with Gasteiger partial charge in [0.15, 0.2) is 0 Å². The standard InChI is InChI=1S/C22H25N5O3S/c1-25(2)31(29,30)19-9-10-21(26-12-3-4-13-26)20(16-19)22(28)24-17-7-5-8-18(15-17)27-14-6-11-23-27/h5-11,14-16H,3-4,12-13H2,1-2H3,(H,24,28). The maximum atomic E-state index is 13.3. The molecule has 8 nitrogen and oxygen atoms in total. The number of nitrogens with zero attached hydrogens (tertiary/aromatic N) is 4. The van der Waals surface area contributed by atoms with E-state index in [1.807, 2.05) is 30.5 Å². The van der Waals surface area contributed by atoms with Gasteiger partial charge in [0.1, 0.15) is 0 Å². The number of nitrogens with one attached hydrogen (secondary N) is 1. The second-order valence-electron chi connectivity index (χ2n) is 7.62. The summed E-state index contributed by atoms with van der Waals surface area (Å²) in [5.41, 5.74) is 2.50. The van der Waals surface area contributed by atoms with Gasteiger partial charge in [-0.1, -0.05) is 6.07 Å². The van der Waals surface area contributed by atoms with Crippen LogP contribution in [0.2, 0.25) is 0 Å². The lowest BCUT2D eigenvalue weighted by Gasteiger charge is -2.22. The Morgan fingerprint density at radius 3 is 2.52 bits per heavy atom. The molecule has 0 radical (unpaired) electrons. The van der Waals surface area contributed by atoms with Crippen LogP contribution in [0.4, 0.5) is 11.4 Å². The Kier molecular flexibility index (Phi) is 5.79. The SMILES string of the molecule is CN(C)S(=O)(=O)c1ccc(N2CCCC2)c(C(=O)Nc2cccc(-n3cccn3)c2)c1. The van der Waals surface area contributed by atoms with Crippen molar-refractivity contribution in [2.24, 2.45) is 0 Å². The Hall–Kier alpha value is -3.17. The topological polar surface area (TPSA) is 87.5 Å². The lowest BCUT2D eigenvalue weighted by molar-refractivity contribution is 0.102. The molecule has 0 atom stereocenters. The van der Waals surface area contributed by atoms with E-state index in [1.165, 1.54) is 20.2 Å². The van der Waals surface area contributed by atoms with Gasteiger partial charge in [0.05, 0.1) is 16.1 Å². The van der Waals surface area contributed by atoms with Gasteiger partial charge in [-0.05, 0) is 55.3 Å². The highest BCUT2D eigenvalue weighted by atomic mass is 32.2. The van der Waals surface area contributed by atoms with Crippen LogP contribution < -0.4 is 10.2 Å². The van der Waals surface area contributed by atoms with E-state index in [0.29, 0.717) is 11.3 Å². The molecule has 0 aliphatic carbocycles. The third kappa shape index (κ3) is 4.33. The average molecular weight is 440 g/mol. The monoisotopic (exact) mass is 439 g/mol. The molecule has 1 fully saturated rings. The van der Waals surface area contributed by atoms with Crippen molar-refractivity contribution < 1.29 is 13.2 Å². The number of benzene rings is 2. The first-order valence-corrected chi connectivity index (χ1v) is 11.5. The average Bonchev–Trinajstić information content (AvgIpc) is 3.47. The van der Waals surface area contributed by atoms with Gasteiger partial charge in [0.25, 0.3) is 5.91 Å². The summed E-state index contributed by atoms with van der Waals surface area (Å²) >= 11 is 0. The van der Waals surface area contributed by atoms with Crippen LogP contribution in [-0.4, -0.2) is 55.6 Å². The van der Waals surface area contributed by atoms with Crippen molar-refractivity contribution in [1.82, 2.24) is 14.1 Å². The maximum absolute atomic E-state index is 13.3. The van der Waals surface area contributed by atoms with E-state index in [1.54, 1.807) is 29.1 Å². The highest BCUT2D eigenvalue weighted by molar-refractivity contribution is 7.89. The zero-order valence-electron chi connectivity index (χ0n) is 17.5. The number of aromatic nitrogens is 2. The number of rotatable bonds is 6. The second kappa shape index (κ2) is 8.52. The van der Waals surface area contributed by atoms with Crippen LogP contribution in [0.25, 0.3) is 5.69 Å². The molecule has 162 valence electrons. The Morgan fingerprint density at radius 2 is 1.84 bits per heavy atom. The highest BCUT2D eigenvalue weighted by Gasteiger charge is 2.24. The Morgan fingerprint density at radius 1 is 1.06 bits per heavy atom. The summed E-state index contributed by atoms with van der Waals surface area (Å²) in [6.07, 6.45) is 5.60. The van der Waals surface area contributed by atoms with Crippen molar-refractivity contribution in [3.8, 4) is 5.69 Å². The van der Waals surface area contributed by atoms with Crippen LogP contribution in [0.5, 0.6) is 0 Å². The number of anilines is 2. The summed E-state index contributed by atoms with van der Waals surface area (Å²) in [6, 6.07) is 13.9. The first-order chi connectivity index (χ1) is 14.9. The van der Waals surface area contributed by atoms with Crippen molar-refractivity contribution in [2.75, 3.05) is 37.4 Å². The van der Waals surface area contributed by atoms with E-state index in [4.69, 9.17) is 0 Å². The summed E-state index contributed by atoms with van der Waals surface area (Å²) in [4.78, 5) is 15.5. The molecule has 1 aromatic heterocycles. The first-order valence-electron chi connectivity index (χ1n) is 10.1. The minimum absolute atomic E-state index is 0.0934. The molecule has 4 rings (SSSR count). The van der Waals surface area contributed by atoms with Crippen LogP contribution in [0, 0.1) is 0 Å². The molecule has 2 aromatic carbocycles. The normalized spacial score (nSPS) is 14.2. The van der Waals surface area contributed by atoms with Crippen LogP contribution in [-0.2, 0) is 10.0 Å². The van der Waals surface area contributed by atoms with E-state index in [9.17, 15) is 13.2 Å². The third-order valence-corrected chi connectivity index (χ3v) is 7.12. The van der Waals surface area contributed by atoms with Gasteiger partial charge in [-0.3, -0.25) is 4.79 Å². The van der Waals surface area contributed by atoms with Gasteiger partial charge in [0, 0.05) is 51.0 Å². The minimum atomic E-state index is -3.66. The molecule has 0 saturated carbocycles. The fourth-order valence-corrected chi connectivity index (χ4v) is 4.58. The largest absolute Gasteiger partial charge is 0.371 e. The van der Waals surface area contributed by atoms with Crippen molar-refractivity contribution in [3.05, 3.63) is 66.5 Å². The smallest absolute Gasteiger partial charge is 0.257 e. The predicted molar refractivity (Wildman–Crippen MR) is 120 cm³/mol. The number of carbonyl (C=O) groups is 1. The van der Waals surface area contributed by atoms with E-state index < -0.39 is 10.0 Å². The van der Waals surface area contributed by atoms with Gasteiger partial charge < -0.3 is 10.2 Å². The summed E-state index contributed by atoms with van der Waals surface area (Å²) in [6.45, 7) is 1.68. The Labute approximate surface area is 182 Å². The molecule has 1 N–H and O–H groups in total. The summed E-state index contributed by atoms with van der Waals surface area (Å²) in [7, 11) is -0.706. The van der Waals surface area contributed by atoms with Gasteiger partial charge in [-0.2, -0.15) is 5.10 Å². The molecule has 2 heterocycles. The molecule has 0 spiro atoms. The van der Waals surface area contributed by atoms with Gasteiger partial charge >= 0.3 is 0 Å². The maximum Gasteiger partial charge on any atom is 0.257 e. The molecular formula is C22H25N5O3S. The summed E-state index contributed by atoms with van der Waals surface area (Å²) < 4.78 is 28.1. The highest BCUT2D eigenvalue weighted by Crippen LogP contribution is 2.29. The fraction of sp³-hybridized carbons (Fsp3) is 0.273. The lowest BCUT2D eigenvalue weighted by Crippen LogP contribution is -2.25. The van der Waals surface area contributed by atoms with Gasteiger partial charge in [-0.15, -0.1) is 0 Å². The lowest BCUT2D eigenvalue weighted by atomic mass is 10.1. The molecule has 31 heavy (non-hydrogen) atoms. The van der Waals surface area contributed by atoms with Crippen molar-refractivity contribution in [1.29, 1.82) is 0 Å². The Balaban J connectivity index is 1.69. The molecule has 1 saturated heterocycles. The number of hydrogen-bond acceptors (Lipinski definition) is 5. The number of carbonyl (C=O) groups excluding carboxylic acids is 1. The summed E-state index contributed by atoms with van der Waals surface area (Å²) in [5.74, 6) is -0.352. The van der Waals surface area contributed by atoms with Crippen molar-refractivity contribution in [3.63, 3.8) is 0 Å². The molecular weight excluding hydrogens is 414 g/mol. The first kappa shape index (κ1) is 21.1. The van der Waals surface area contributed by atoms with Crippen LogP contribution in [0.3, 0.4) is 0 Å². The van der Waals surface area contributed by atoms with Crippen molar-refractivity contribution >= 4 is 27.3 Å². The number of hydrogen-bond donors (Lipinski definition) is 1. The molecule has 1 aliphatic heterocycles. The molecule has 9 heteroatoms. The summed E-state index contributed by atoms with van der Waals surface area (Å²) in [5, 5.41) is 7.13. The van der Waals surface area contributed by atoms with Crippen LogP contribution >= 0.6 is 0 Å². The molecule has 0 unspecified atom stereocenters. The van der Waals surface area contributed by atoms with Gasteiger partial charge in [-0.25, -0.2) is 17.4 Å². The van der Waals surface area contributed by atoms with Crippen LogP contribution in [0.15, 0.2) is 65.8 Å². The molecule has 1 aliphatic rings. The molecule has 1 amide bonds. The Bertz CT molecular complexity index is 1180. The molecule has 3 aromatic rings. The third-order valence-electron chi connectivity index (χ3n) is 5.31. The van der Waals surface area contributed by atoms with E-state index in [0.717, 1.165) is 41.6 Å². The van der Waals surface area contributed by atoms with E-state index in [2.05, 4.69) is 15.3 Å². The van der Waals surface area contributed by atoms with Crippen LogP contribution in [0.1, 0.15) is 23.2 Å². The predicted octanol–water partition coefficient (Wildman–Crippen LogP) is 2.98. The zero-order valence-corrected chi connectivity index (χ0v) is 18.3. The minimum Gasteiger partial charge on any atom is -0.371 e. The number of amides is 1. The van der Waals surface area contributed by atoms with Crippen molar-refractivity contribution in [2.45, 2.75) is 17.7 Å².